The Morgan fingerprint density at radius 2 is 1.57 bits per heavy atom. The molecule has 4 unspecified atom stereocenters. The predicted octanol–water partition coefficient (Wildman–Crippen LogP) is 2.73. The third kappa shape index (κ3) is 13.3. The fourth-order valence-electron chi connectivity index (χ4n) is 1.37. The van der Waals surface area contributed by atoms with Crippen molar-refractivity contribution >= 4 is 27.9 Å². The van der Waals surface area contributed by atoms with Gasteiger partial charge in [-0.3, -0.25) is 19.9 Å². The number of nitrogens with zero attached hydrogens (tertiary/aromatic N) is 2. The molecule has 4 atom stereocenters. The summed E-state index contributed by atoms with van der Waals surface area (Å²) in [6.07, 6.45) is -6.32. The topological polar surface area (TPSA) is 41.4 Å². The molecule has 1 rings (SSSR count). The molecule has 1 heterocycles. The van der Waals surface area contributed by atoms with Crippen molar-refractivity contribution in [3.8, 4) is 0 Å². The second-order valence-corrected chi connectivity index (χ2v) is 11.9. The van der Waals surface area contributed by atoms with E-state index in [4.69, 9.17) is 27.9 Å². The zero-order chi connectivity index (χ0) is 16.4. The fraction of sp³-hybridized carbons (Fsp3) is 1.00. The molecule has 21 heavy (non-hydrogen) atoms. The third-order valence-corrected chi connectivity index (χ3v) is 2.41. The Balaban J connectivity index is 0.000000885. The van der Waals surface area contributed by atoms with Gasteiger partial charge in [0.05, 0.1) is 0 Å². The van der Waals surface area contributed by atoms with E-state index in [2.05, 4.69) is 16.0 Å². The van der Waals surface area contributed by atoms with Gasteiger partial charge in [-0.2, -0.15) is 0 Å². The van der Waals surface area contributed by atoms with Crippen molar-refractivity contribution in [1.29, 1.82) is 0 Å². The Hall–Kier alpha value is 1.14. The van der Waals surface area contributed by atoms with E-state index < -0.39 is 46.4 Å². The summed E-state index contributed by atoms with van der Waals surface area (Å²) in [7, 11) is 16.3. The van der Waals surface area contributed by atoms with E-state index in [1.807, 2.05) is 0 Å². The molecule has 0 aromatic rings. The summed E-state index contributed by atoms with van der Waals surface area (Å²) in [5.74, 6) is 0. The number of likely N-dealkylation sites (N-methyl/N-ethyl adjacent to an activating group) is 1. The van der Waals surface area contributed by atoms with Crippen LogP contribution < -0.4 is 10.6 Å². The first-order valence-corrected chi connectivity index (χ1v) is 12.4. The summed E-state index contributed by atoms with van der Waals surface area (Å²) >= 11 is -1.92. The van der Waals surface area contributed by atoms with Gasteiger partial charge in [0, 0.05) is 25.9 Å². The van der Waals surface area contributed by atoms with Gasteiger partial charge >= 0.3 is 42.6 Å². The fourth-order valence-corrected chi connectivity index (χ4v) is 1.37. The molecule has 0 aromatic heterocycles. The van der Waals surface area contributed by atoms with E-state index in [0.29, 0.717) is 0 Å². The molecule has 0 spiro atoms. The molecular weight excluding hydrogens is 394 g/mol. The SMILES string of the molecule is CN1CC(F)NCC(F)NCC(F)[N-]CC1F.[Cl][Ti+]([Cl])[Cl]. The van der Waals surface area contributed by atoms with E-state index in [-0.39, 0.29) is 19.6 Å². The van der Waals surface area contributed by atoms with Crippen molar-refractivity contribution < 1.29 is 32.3 Å². The van der Waals surface area contributed by atoms with Crippen LogP contribution in [0.2, 0.25) is 0 Å². The quantitative estimate of drug-likeness (QED) is 0.366. The number of nitrogens with one attached hydrogen (secondary N) is 2. The van der Waals surface area contributed by atoms with Crippen LogP contribution in [-0.2, 0) is 14.7 Å². The maximum atomic E-state index is 13.4. The average molecular weight is 411 g/mol. The van der Waals surface area contributed by atoms with E-state index in [1.54, 1.807) is 0 Å². The number of hydrogen-bond donors (Lipinski definition) is 2. The van der Waals surface area contributed by atoms with Gasteiger partial charge in [-0.05, 0) is 7.05 Å². The van der Waals surface area contributed by atoms with Crippen LogP contribution in [0.4, 0.5) is 17.6 Å². The second kappa shape index (κ2) is 12.6. The van der Waals surface area contributed by atoms with Gasteiger partial charge in [0.1, 0.15) is 6.30 Å². The van der Waals surface area contributed by atoms with Gasteiger partial charge in [0.25, 0.3) is 0 Å². The van der Waals surface area contributed by atoms with Crippen LogP contribution in [0, 0.1) is 0 Å². The minimum atomic E-state index is -1.92. The summed E-state index contributed by atoms with van der Waals surface area (Å²) in [5, 5.41) is 7.84. The molecule has 126 valence electrons. The van der Waals surface area contributed by atoms with Crippen molar-refractivity contribution in [2.24, 2.45) is 0 Å². The molecule has 1 aliphatic heterocycles. The number of halogens is 7. The molecule has 0 aliphatic carbocycles. The average Bonchev–Trinajstić information content (AvgIpc) is 2.38. The summed E-state index contributed by atoms with van der Waals surface area (Å²) in [5.41, 5.74) is 0. The van der Waals surface area contributed by atoms with Crippen molar-refractivity contribution in [3.63, 3.8) is 0 Å². The van der Waals surface area contributed by atoms with Gasteiger partial charge in [0.2, 0.25) is 0 Å². The van der Waals surface area contributed by atoms with Crippen LogP contribution in [-0.4, -0.2) is 63.3 Å². The Bertz CT molecular complexity index is 270. The van der Waals surface area contributed by atoms with E-state index in [1.165, 1.54) is 7.05 Å². The molecule has 0 aromatic carbocycles. The second-order valence-electron chi connectivity index (χ2n) is 4.14. The van der Waals surface area contributed by atoms with Crippen LogP contribution in [0.1, 0.15) is 0 Å². The molecular formula is C9H17Cl3F4N4Ti. The third-order valence-electron chi connectivity index (χ3n) is 2.41. The molecule has 1 aliphatic rings. The molecule has 1 fully saturated rings. The summed E-state index contributed by atoms with van der Waals surface area (Å²) < 4.78 is 52.7. The first kappa shape index (κ1) is 22.1. The molecule has 12 heteroatoms. The summed E-state index contributed by atoms with van der Waals surface area (Å²) in [6, 6.07) is 0. The van der Waals surface area contributed by atoms with Crippen LogP contribution in [0.25, 0.3) is 5.32 Å². The monoisotopic (exact) mass is 410 g/mol. The normalized spacial score (nSPS) is 33.1. The Morgan fingerprint density at radius 1 is 1.05 bits per heavy atom. The molecule has 2 N–H and O–H groups in total. The zero-order valence-corrected chi connectivity index (χ0v) is 15.0. The minimum absolute atomic E-state index is 0.250. The molecule has 0 saturated carbocycles. The molecule has 0 bridgehead atoms. The van der Waals surface area contributed by atoms with Crippen molar-refractivity contribution in [1.82, 2.24) is 15.5 Å². The van der Waals surface area contributed by atoms with Gasteiger partial charge in [-0.15, -0.1) is 6.54 Å². The van der Waals surface area contributed by atoms with E-state index in [9.17, 15) is 17.6 Å². The predicted molar refractivity (Wildman–Crippen MR) is 74.0 cm³/mol. The first-order valence-electron chi connectivity index (χ1n) is 5.95. The Kier molecular flexibility index (Phi) is 13.2. The van der Waals surface area contributed by atoms with Crippen molar-refractivity contribution in [2.45, 2.75) is 25.2 Å². The zero-order valence-electron chi connectivity index (χ0n) is 11.2. The van der Waals surface area contributed by atoms with E-state index >= 15 is 0 Å². The number of alkyl halides is 4. The molecule has 0 amide bonds. The van der Waals surface area contributed by atoms with Crippen molar-refractivity contribution in [2.75, 3.05) is 33.2 Å². The Labute approximate surface area is 139 Å². The van der Waals surface area contributed by atoms with Gasteiger partial charge in [0.15, 0.2) is 12.6 Å². The van der Waals surface area contributed by atoms with Crippen LogP contribution >= 0.6 is 27.9 Å². The standard InChI is InChI=1S/C9H17F4N4.3ClH.Ti/c1-17-5-8(12)15-3-6(10)14-2-7(11)16-4-9(17)13;;;;/h6-9,14-15H,2-5H2,1H3;3*1H;/q-1;;;;+4/p-3. The molecule has 4 nitrogen and oxygen atoms in total. The Morgan fingerprint density at radius 3 is 2.14 bits per heavy atom. The summed E-state index contributed by atoms with van der Waals surface area (Å²) in [6.45, 7) is -1.31. The van der Waals surface area contributed by atoms with Gasteiger partial charge in [-0.25, -0.2) is 13.2 Å². The first-order chi connectivity index (χ1) is 9.72. The molecule has 1 saturated heterocycles. The summed E-state index contributed by atoms with van der Waals surface area (Å²) in [4.78, 5) is 1.07. The maximum absolute atomic E-state index is 13.4. The van der Waals surface area contributed by atoms with Crippen molar-refractivity contribution in [3.05, 3.63) is 5.32 Å². The molecule has 0 radical (unpaired) electrons. The van der Waals surface area contributed by atoms with Crippen LogP contribution in [0.5, 0.6) is 0 Å². The number of rotatable bonds is 0. The van der Waals surface area contributed by atoms with Gasteiger partial charge in [-0.1, -0.05) is 0 Å². The van der Waals surface area contributed by atoms with Crippen LogP contribution in [0.3, 0.4) is 0 Å². The number of hydrogen-bond acceptors (Lipinski definition) is 3. The van der Waals surface area contributed by atoms with E-state index in [0.717, 1.165) is 4.90 Å². The van der Waals surface area contributed by atoms with Crippen LogP contribution in [0.15, 0.2) is 0 Å². The van der Waals surface area contributed by atoms with Gasteiger partial charge < -0.3 is 5.32 Å².